The van der Waals surface area contributed by atoms with Gasteiger partial charge in [0.2, 0.25) is 0 Å². The van der Waals surface area contributed by atoms with Crippen molar-refractivity contribution in [3.8, 4) is 0 Å². The van der Waals surface area contributed by atoms with Gasteiger partial charge in [0.15, 0.2) is 0 Å². The maximum atomic E-state index is 3.39. The topological polar surface area (TPSA) is 15.3 Å². The number of benzene rings is 1. The minimum absolute atomic E-state index is 0.801. The quantitative estimate of drug-likeness (QED) is 0.888. The van der Waals surface area contributed by atoms with Crippen LogP contribution in [0.4, 0.5) is 5.69 Å². The summed E-state index contributed by atoms with van der Waals surface area (Å²) in [7, 11) is 0. The molecular formula is C16H26N2S. The third-order valence-electron chi connectivity index (χ3n) is 3.78. The average Bonchev–Trinajstić information content (AvgIpc) is 2.45. The number of rotatable bonds is 5. The van der Waals surface area contributed by atoms with Gasteiger partial charge in [-0.3, -0.25) is 0 Å². The molecule has 0 radical (unpaired) electrons. The molecule has 0 amide bonds. The number of hydrogen-bond donors (Lipinski definition) is 1. The Morgan fingerprint density at radius 3 is 2.89 bits per heavy atom. The van der Waals surface area contributed by atoms with E-state index in [0.29, 0.717) is 0 Å². The van der Waals surface area contributed by atoms with E-state index in [4.69, 9.17) is 0 Å². The lowest BCUT2D eigenvalue weighted by Gasteiger charge is -2.34. The smallest absolute Gasteiger partial charge is 0.0396 e. The summed E-state index contributed by atoms with van der Waals surface area (Å²) in [5.41, 5.74) is 4.23. The van der Waals surface area contributed by atoms with Gasteiger partial charge in [0.1, 0.15) is 0 Å². The Morgan fingerprint density at radius 1 is 1.37 bits per heavy atom. The van der Waals surface area contributed by atoms with Crippen LogP contribution in [0, 0.1) is 6.92 Å². The first-order chi connectivity index (χ1) is 9.24. The summed E-state index contributed by atoms with van der Waals surface area (Å²) < 4.78 is 0. The van der Waals surface area contributed by atoms with Crippen LogP contribution in [0.5, 0.6) is 0 Å². The maximum absolute atomic E-state index is 3.39. The van der Waals surface area contributed by atoms with Crippen molar-refractivity contribution in [1.82, 2.24) is 5.32 Å². The van der Waals surface area contributed by atoms with Crippen LogP contribution in [0.15, 0.2) is 18.2 Å². The van der Waals surface area contributed by atoms with Crippen LogP contribution in [0.25, 0.3) is 0 Å². The lowest BCUT2D eigenvalue weighted by atomic mass is 10.1. The summed E-state index contributed by atoms with van der Waals surface area (Å²) in [6.45, 7) is 11.1. The highest BCUT2D eigenvalue weighted by atomic mass is 32.2. The van der Waals surface area contributed by atoms with E-state index in [9.17, 15) is 0 Å². The highest BCUT2D eigenvalue weighted by Gasteiger charge is 2.20. The van der Waals surface area contributed by atoms with E-state index in [1.54, 1.807) is 0 Å². The second-order valence-electron chi connectivity index (χ2n) is 5.25. The van der Waals surface area contributed by atoms with Crippen LogP contribution in [0.2, 0.25) is 0 Å². The van der Waals surface area contributed by atoms with E-state index in [0.717, 1.165) is 18.3 Å². The van der Waals surface area contributed by atoms with Crippen molar-refractivity contribution in [1.29, 1.82) is 0 Å². The third kappa shape index (κ3) is 3.90. The zero-order valence-electron chi connectivity index (χ0n) is 12.4. The SMILES string of the molecule is CCNCc1ccc(N2CCSC(CC)C2)c(C)c1. The Bertz CT molecular complexity index is 406. The van der Waals surface area contributed by atoms with Crippen LogP contribution in [-0.4, -0.2) is 30.6 Å². The predicted molar refractivity (Wildman–Crippen MR) is 87.3 cm³/mol. The highest BCUT2D eigenvalue weighted by molar-refractivity contribution is 8.00. The lowest BCUT2D eigenvalue weighted by molar-refractivity contribution is 0.719. The molecule has 1 aliphatic rings. The van der Waals surface area contributed by atoms with Gasteiger partial charge in [-0.05, 0) is 37.1 Å². The Balaban J connectivity index is 2.07. The fraction of sp³-hybridized carbons (Fsp3) is 0.625. The molecule has 106 valence electrons. The first-order valence-electron chi connectivity index (χ1n) is 7.41. The van der Waals surface area contributed by atoms with E-state index in [1.165, 1.54) is 42.1 Å². The number of anilines is 1. The molecule has 0 aromatic heterocycles. The summed E-state index contributed by atoms with van der Waals surface area (Å²) in [5, 5.41) is 4.19. The van der Waals surface area contributed by atoms with Crippen LogP contribution >= 0.6 is 11.8 Å². The summed E-state index contributed by atoms with van der Waals surface area (Å²) in [4.78, 5) is 2.57. The van der Waals surface area contributed by atoms with E-state index >= 15 is 0 Å². The number of hydrogen-bond acceptors (Lipinski definition) is 3. The first-order valence-corrected chi connectivity index (χ1v) is 8.46. The minimum Gasteiger partial charge on any atom is -0.369 e. The monoisotopic (exact) mass is 278 g/mol. The Morgan fingerprint density at radius 2 is 2.21 bits per heavy atom. The van der Waals surface area contributed by atoms with Gasteiger partial charge >= 0.3 is 0 Å². The molecule has 0 spiro atoms. The summed E-state index contributed by atoms with van der Waals surface area (Å²) in [5.74, 6) is 1.26. The van der Waals surface area contributed by atoms with Crippen LogP contribution in [0.3, 0.4) is 0 Å². The van der Waals surface area contributed by atoms with Crippen LogP contribution in [-0.2, 0) is 6.54 Å². The van der Waals surface area contributed by atoms with Gasteiger partial charge in [-0.2, -0.15) is 11.8 Å². The predicted octanol–water partition coefficient (Wildman–Crippen LogP) is 3.44. The molecule has 0 saturated carbocycles. The molecule has 1 heterocycles. The number of aryl methyl sites for hydroxylation is 1. The number of thioether (sulfide) groups is 1. The van der Waals surface area contributed by atoms with E-state index in [1.807, 2.05) is 0 Å². The van der Waals surface area contributed by atoms with Gasteiger partial charge in [0.05, 0.1) is 0 Å². The fourth-order valence-electron chi connectivity index (χ4n) is 2.64. The second-order valence-corrected chi connectivity index (χ2v) is 6.66. The zero-order valence-corrected chi connectivity index (χ0v) is 13.2. The molecule has 1 fully saturated rings. The van der Waals surface area contributed by atoms with Crippen molar-refractivity contribution >= 4 is 17.4 Å². The van der Waals surface area contributed by atoms with E-state index in [2.05, 4.69) is 60.9 Å². The molecule has 1 aliphatic heterocycles. The molecule has 0 bridgehead atoms. The molecular weight excluding hydrogens is 252 g/mol. The minimum atomic E-state index is 0.801. The van der Waals surface area contributed by atoms with Gasteiger partial charge in [-0.15, -0.1) is 0 Å². The Kier molecular flexibility index (Phi) is 5.59. The molecule has 1 N–H and O–H groups in total. The van der Waals surface area contributed by atoms with Gasteiger partial charge in [0.25, 0.3) is 0 Å². The lowest BCUT2D eigenvalue weighted by Crippen LogP contribution is -2.38. The van der Waals surface area contributed by atoms with Crippen LogP contribution in [0.1, 0.15) is 31.4 Å². The summed E-state index contributed by atoms with van der Waals surface area (Å²) in [6, 6.07) is 6.92. The molecule has 1 saturated heterocycles. The van der Waals surface area contributed by atoms with Gasteiger partial charge < -0.3 is 10.2 Å². The molecule has 0 aliphatic carbocycles. The zero-order chi connectivity index (χ0) is 13.7. The van der Waals surface area contributed by atoms with Crippen molar-refractivity contribution in [2.75, 3.05) is 30.3 Å². The van der Waals surface area contributed by atoms with Crippen molar-refractivity contribution in [3.05, 3.63) is 29.3 Å². The molecule has 1 atom stereocenters. The summed E-state index contributed by atoms with van der Waals surface area (Å²) in [6.07, 6.45) is 1.28. The van der Waals surface area contributed by atoms with Crippen molar-refractivity contribution in [2.45, 2.75) is 39.0 Å². The van der Waals surface area contributed by atoms with Gasteiger partial charge in [-0.1, -0.05) is 26.0 Å². The van der Waals surface area contributed by atoms with Gasteiger partial charge in [0, 0.05) is 36.3 Å². The first kappa shape index (κ1) is 14.7. The number of nitrogens with one attached hydrogen (secondary N) is 1. The third-order valence-corrected chi connectivity index (χ3v) is 5.15. The molecule has 1 aromatic carbocycles. The molecule has 1 aromatic rings. The molecule has 2 rings (SSSR count). The van der Waals surface area contributed by atoms with Gasteiger partial charge in [-0.25, -0.2) is 0 Å². The average molecular weight is 278 g/mol. The summed E-state index contributed by atoms with van der Waals surface area (Å²) >= 11 is 2.13. The van der Waals surface area contributed by atoms with Crippen molar-refractivity contribution in [2.24, 2.45) is 0 Å². The number of nitrogens with zero attached hydrogens (tertiary/aromatic N) is 1. The normalized spacial score (nSPS) is 19.7. The van der Waals surface area contributed by atoms with Crippen molar-refractivity contribution < 1.29 is 0 Å². The molecule has 3 heteroatoms. The molecule has 2 nitrogen and oxygen atoms in total. The molecule has 1 unspecified atom stereocenters. The van der Waals surface area contributed by atoms with E-state index in [-0.39, 0.29) is 0 Å². The standard InChI is InChI=1S/C16H26N2S/c1-4-15-12-18(8-9-19-15)16-7-6-14(10-13(16)3)11-17-5-2/h6-7,10,15,17H,4-5,8-9,11-12H2,1-3H3. The Hall–Kier alpha value is -0.670. The Labute approximate surface area is 122 Å². The largest absolute Gasteiger partial charge is 0.369 e. The highest BCUT2D eigenvalue weighted by Crippen LogP contribution is 2.28. The van der Waals surface area contributed by atoms with Crippen LogP contribution < -0.4 is 10.2 Å². The maximum Gasteiger partial charge on any atom is 0.0396 e. The molecule has 19 heavy (non-hydrogen) atoms. The second kappa shape index (κ2) is 7.20. The van der Waals surface area contributed by atoms with Crippen molar-refractivity contribution in [3.63, 3.8) is 0 Å². The fourth-order valence-corrected chi connectivity index (χ4v) is 3.82. The van der Waals surface area contributed by atoms with E-state index < -0.39 is 0 Å².